The summed E-state index contributed by atoms with van der Waals surface area (Å²) in [5, 5.41) is 23.3. The molecule has 33 heavy (non-hydrogen) atoms. The summed E-state index contributed by atoms with van der Waals surface area (Å²) >= 11 is 0. The summed E-state index contributed by atoms with van der Waals surface area (Å²) in [6, 6.07) is 14.7. The van der Waals surface area contributed by atoms with Gasteiger partial charge in [-0.05, 0) is 35.1 Å². The molecule has 0 aliphatic heterocycles. The maximum absolute atomic E-state index is 12.8. The minimum Gasteiger partial charge on any atom is -0.480 e. The molecule has 176 valence electrons. The van der Waals surface area contributed by atoms with E-state index in [0.29, 0.717) is 12.8 Å². The van der Waals surface area contributed by atoms with Crippen LogP contribution in [0.4, 0.5) is 4.79 Å². The van der Waals surface area contributed by atoms with E-state index in [1.54, 1.807) is 13.8 Å². The van der Waals surface area contributed by atoms with Gasteiger partial charge in [-0.1, -0.05) is 62.4 Å². The monoisotopic (exact) mass is 454 g/mol. The molecule has 3 rings (SSSR count). The number of hydrogen-bond donors (Lipinski definition) is 4. The van der Waals surface area contributed by atoms with Crippen LogP contribution in [0.5, 0.6) is 0 Å². The first-order valence-electron chi connectivity index (χ1n) is 11.1. The zero-order valence-electron chi connectivity index (χ0n) is 18.8. The smallest absolute Gasteiger partial charge is 0.407 e. The Bertz CT molecular complexity index is 972. The zero-order chi connectivity index (χ0) is 24.0. The molecule has 0 saturated carbocycles. The lowest BCUT2D eigenvalue weighted by atomic mass is 9.81. The highest BCUT2D eigenvalue weighted by Crippen LogP contribution is 2.44. The van der Waals surface area contributed by atoms with E-state index < -0.39 is 36.0 Å². The minimum atomic E-state index is -1.40. The molecular weight excluding hydrogens is 424 g/mol. The molecule has 1 aliphatic carbocycles. The van der Waals surface area contributed by atoms with E-state index in [2.05, 4.69) is 22.8 Å². The summed E-state index contributed by atoms with van der Waals surface area (Å²) in [6.45, 7) is 3.00. The number of nitrogens with one attached hydrogen (secondary N) is 2. The lowest BCUT2D eigenvalue weighted by molar-refractivity contribution is -0.145. The molecule has 2 aromatic carbocycles. The molecule has 0 radical (unpaired) electrons. The van der Waals surface area contributed by atoms with Crippen LogP contribution in [-0.4, -0.2) is 54.0 Å². The van der Waals surface area contributed by atoms with Crippen LogP contribution in [0.15, 0.2) is 48.5 Å². The van der Waals surface area contributed by atoms with Gasteiger partial charge in [-0.3, -0.25) is 4.79 Å². The first kappa shape index (κ1) is 24.3. The predicted molar refractivity (Wildman–Crippen MR) is 123 cm³/mol. The summed E-state index contributed by atoms with van der Waals surface area (Å²) < 4.78 is 5.53. The van der Waals surface area contributed by atoms with Gasteiger partial charge in [-0.15, -0.1) is 0 Å². The van der Waals surface area contributed by atoms with Crippen LogP contribution < -0.4 is 10.6 Å². The molecule has 0 saturated heterocycles. The molecule has 2 amide bonds. The molecule has 0 unspecified atom stereocenters. The topological polar surface area (TPSA) is 125 Å². The zero-order valence-corrected chi connectivity index (χ0v) is 18.8. The first-order valence-corrected chi connectivity index (χ1v) is 11.1. The molecule has 4 N–H and O–H groups in total. The Hall–Kier alpha value is -3.39. The predicted octanol–water partition coefficient (Wildman–Crippen LogP) is 2.89. The quantitative estimate of drug-likeness (QED) is 0.438. The number of aliphatic carboxylic acids is 1. The van der Waals surface area contributed by atoms with Crippen molar-refractivity contribution in [2.75, 3.05) is 19.8 Å². The lowest BCUT2D eigenvalue weighted by Crippen LogP contribution is -2.53. The molecule has 0 bridgehead atoms. The molecule has 0 spiro atoms. The standard InChI is InChI=1S/C25H30N2O6/c1-3-25(4-2,23(31)27-21(13-28)22(29)30)15-26-24(32)33-14-20-18-11-7-5-9-16(18)17-10-6-8-12-19(17)20/h5-12,20-21,28H,3-4,13-15H2,1-2H3,(H,26,32)(H,27,31)(H,29,30)/t21-/m1/s1. The van der Waals surface area contributed by atoms with Gasteiger partial charge in [-0.25, -0.2) is 9.59 Å². The van der Waals surface area contributed by atoms with Crippen LogP contribution in [-0.2, 0) is 14.3 Å². The highest BCUT2D eigenvalue weighted by molar-refractivity contribution is 5.88. The molecule has 1 atom stereocenters. The number of aliphatic hydroxyl groups excluding tert-OH is 1. The first-order chi connectivity index (χ1) is 15.9. The van der Waals surface area contributed by atoms with E-state index in [1.165, 1.54) is 0 Å². The fourth-order valence-electron chi connectivity index (χ4n) is 4.29. The van der Waals surface area contributed by atoms with Crippen LogP contribution in [0.2, 0.25) is 0 Å². The molecule has 8 heteroatoms. The average molecular weight is 455 g/mol. The average Bonchev–Trinajstić information content (AvgIpc) is 3.15. The van der Waals surface area contributed by atoms with Crippen molar-refractivity contribution in [1.82, 2.24) is 10.6 Å². The molecule has 2 aromatic rings. The third-order valence-corrected chi connectivity index (χ3v) is 6.54. The second-order valence-electron chi connectivity index (χ2n) is 8.21. The second kappa shape index (κ2) is 10.5. The van der Waals surface area contributed by atoms with Gasteiger partial charge in [-0.2, -0.15) is 0 Å². The number of carboxylic acids is 1. The van der Waals surface area contributed by atoms with Crippen molar-refractivity contribution >= 4 is 18.0 Å². The highest BCUT2D eigenvalue weighted by atomic mass is 16.5. The fraction of sp³-hybridized carbons (Fsp3) is 0.400. The van der Waals surface area contributed by atoms with Crippen molar-refractivity contribution in [3.63, 3.8) is 0 Å². The molecule has 0 fully saturated rings. The van der Waals surface area contributed by atoms with E-state index >= 15 is 0 Å². The van der Waals surface area contributed by atoms with Crippen LogP contribution >= 0.6 is 0 Å². The Labute approximate surface area is 193 Å². The number of amides is 2. The minimum absolute atomic E-state index is 0.0136. The summed E-state index contributed by atoms with van der Waals surface area (Å²) in [5.74, 6) is -1.93. The number of benzene rings is 2. The SMILES string of the molecule is CCC(CC)(CNC(=O)OCC1c2ccccc2-c2ccccc21)C(=O)N[C@H](CO)C(=O)O. The maximum atomic E-state index is 12.8. The normalized spacial score (nSPS) is 13.5. The van der Waals surface area contributed by atoms with Gasteiger partial charge in [0.2, 0.25) is 5.91 Å². The molecule has 0 heterocycles. The van der Waals surface area contributed by atoms with Crippen molar-refractivity contribution in [3.8, 4) is 11.1 Å². The Morgan fingerprint density at radius 2 is 1.55 bits per heavy atom. The van der Waals surface area contributed by atoms with Gasteiger partial charge in [0, 0.05) is 12.5 Å². The fourth-order valence-corrected chi connectivity index (χ4v) is 4.29. The highest BCUT2D eigenvalue weighted by Gasteiger charge is 2.37. The number of carboxylic acid groups (broad SMARTS) is 1. The summed E-state index contributed by atoms with van der Waals surface area (Å²) in [7, 11) is 0. The number of fused-ring (bicyclic) bond motifs is 3. The van der Waals surface area contributed by atoms with Gasteiger partial charge in [0.05, 0.1) is 12.0 Å². The van der Waals surface area contributed by atoms with Crippen molar-refractivity contribution in [3.05, 3.63) is 59.7 Å². The van der Waals surface area contributed by atoms with E-state index in [0.717, 1.165) is 22.3 Å². The molecule has 1 aliphatic rings. The molecular formula is C25H30N2O6. The van der Waals surface area contributed by atoms with E-state index in [-0.39, 0.29) is 19.1 Å². The molecule has 8 nitrogen and oxygen atoms in total. The van der Waals surface area contributed by atoms with Gasteiger partial charge < -0.3 is 25.6 Å². The number of carbonyl (C=O) groups is 3. The van der Waals surface area contributed by atoms with Crippen LogP contribution in [0.1, 0.15) is 43.7 Å². The van der Waals surface area contributed by atoms with E-state index in [9.17, 15) is 19.5 Å². The second-order valence-corrected chi connectivity index (χ2v) is 8.21. The molecule has 0 aromatic heterocycles. The largest absolute Gasteiger partial charge is 0.480 e. The van der Waals surface area contributed by atoms with Crippen molar-refractivity contribution in [2.45, 2.75) is 38.6 Å². The number of aliphatic hydroxyl groups is 1. The number of ether oxygens (including phenoxy) is 1. The van der Waals surface area contributed by atoms with Crippen LogP contribution in [0, 0.1) is 5.41 Å². The van der Waals surface area contributed by atoms with E-state index in [1.807, 2.05) is 36.4 Å². The number of alkyl carbamates (subject to hydrolysis) is 1. The number of rotatable bonds is 10. The van der Waals surface area contributed by atoms with Crippen molar-refractivity contribution in [1.29, 1.82) is 0 Å². The van der Waals surface area contributed by atoms with Crippen molar-refractivity contribution < 1.29 is 29.3 Å². The van der Waals surface area contributed by atoms with Crippen LogP contribution in [0.25, 0.3) is 11.1 Å². The third kappa shape index (κ3) is 5.01. The van der Waals surface area contributed by atoms with Gasteiger partial charge in [0.15, 0.2) is 0 Å². The maximum Gasteiger partial charge on any atom is 0.407 e. The Morgan fingerprint density at radius 3 is 2.03 bits per heavy atom. The van der Waals surface area contributed by atoms with E-state index in [4.69, 9.17) is 9.84 Å². The summed E-state index contributed by atoms with van der Waals surface area (Å²) in [5.41, 5.74) is 3.45. The van der Waals surface area contributed by atoms with Gasteiger partial charge in [0.1, 0.15) is 12.6 Å². The Balaban J connectivity index is 1.63. The Kier molecular flexibility index (Phi) is 7.71. The summed E-state index contributed by atoms with van der Waals surface area (Å²) in [4.78, 5) is 36.4. The summed E-state index contributed by atoms with van der Waals surface area (Å²) in [6.07, 6.45) is 0.0981. The van der Waals surface area contributed by atoms with Gasteiger partial charge in [0.25, 0.3) is 0 Å². The number of hydrogen-bond acceptors (Lipinski definition) is 5. The number of carbonyl (C=O) groups excluding carboxylic acids is 2. The van der Waals surface area contributed by atoms with Gasteiger partial charge >= 0.3 is 12.1 Å². The Morgan fingerprint density at radius 1 is 1.00 bits per heavy atom. The van der Waals surface area contributed by atoms with Crippen molar-refractivity contribution in [2.24, 2.45) is 5.41 Å². The van der Waals surface area contributed by atoms with Crippen LogP contribution in [0.3, 0.4) is 0 Å². The third-order valence-electron chi connectivity index (χ3n) is 6.54. The lowest BCUT2D eigenvalue weighted by Gasteiger charge is -2.31.